The van der Waals surface area contributed by atoms with Crippen molar-refractivity contribution < 1.29 is 4.73 Å². The minimum atomic E-state index is 0.781. The van der Waals surface area contributed by atoms with Gasteiger partial charge in [0.15, 0.2) is 5.69 Å². The molecule has 18 heavy (non-hydrogen) atoms. The molecule has 0 aliphatic heterocycles. The highest BCUT2D eigenvalue weighted by molar-refractivity contribution is 5.75. The molecule has 0 unspecified atom stereocenters. The first-order valence-electron chi connectivity index (χ1n) is 6.93. The van der Waals surface area contributed by atoms with Crippen LogP contribution in [0.4, 0.5) is 0 Å². The van der Waals surface area contributed by atoms with Gasteiger partial charge in [0.05, 0.1) is 0 Å². The molecule has 0 saturated carbocycles. The second kappa shape index (κ2) is 6.39. The van der Waals surface area contributed by atoms with Gasteiger partial charge in [-0.25, -0.2) is 0 Å². The van der Waals surface area contributed by atoms with Crippen molar-refractivity contribution in [2.45, 2.75) is 45.4 Å². The molecule has 0 fully saturated rings. The van der Waals surface area contributed by atoms with Crippen molar-refractivity contribution in [1.82, 2.24) is 0 Å². The summed E-state index contributed by atoms with van der Waals surface area (Å²) in [4.78, 5) is 0. The molecule has 0 amide bonds. The number of fused-ring (bicyclic) bond motifs is 1. The zero-order chi connectivity index (χ0) is 12.8. The van der Waals surface area contributed by atoms with Crippen LogP contribution in [0.15, 0.2) is 36.4 Å². The van der Waals surface area contributed by atoms with E-state index in [0.717, 1.165) is 34.2 Å². The molecule has 0 aliphatic rings. The minimum absolute atomic E-state index is 0.781. The third-order valence-corrected chi connectivity index (χ3v) is 3.41. The summed E-state index contributed by atoms with van der Waals surface area (Å²) in [6.45, 7) is 2.22. The Morgan fingerprint density at radius 2 is 1.72 bits per heavy atom. The van der Waals surface area contributed by atoms with E-state index in [1.165, 1.54) is 25.7 Å². The molecule has 96 valence electrons. The van der Waals surface area contributed by atoms with Gasteiger partial charge < -0.3 is 5.21 Å². The van der Waals surface area contributed by atoms with E-state index in [2.05, 4.69) is 6.92 Å². The van der Waals surface area contributed by atoms with Crippen molar-refractivity contribution >= 4 is 10.9 Å². The first-order valence-corrected chi connectivity index (χ1v) is 6.93. The number of hydrogen-bond donors (Lipinski definition) is 0. The van der Waals surface area contributed by atoms with Gasteiger partial charge in [0.25, 0.3) is 0 Å². The maximum absolute atomic E-state index is 12.2. The van der Waals surface area contributed by atoms with E-state index >= 15 is 0 Å². The van der Waals surface area contributed by atoms with Crippen LogP contribution >= 0.6 is 0 Å². The van der Waals surface area contributed by atoms with Crippen molar-refractivity contribution in [3.8, 4) is 0 Å². The molecule has 1 aromatic carbocycles. The monoisotopic (exact) mass is 243 g/mol. The summed E-state index contributed by atoms with van der Waals surface area (Å²) in [5, 5.41) is 13.2. The number of pyridine rings is 1. The molecule has 0 atom stereocenters. The number of hydrogen-bond acceptors (Lipinski definition) is 1. The molecule has 1 heterocycles. The second-order valence-electron chi connectivity index (χ2n) is 4.84. The van der Waals surface area contributed by atoms with E-state index in [-0.39, 0.29) is 0 Å². The van der Waals surface area contributed by atoms with E-state index in [4.69, 9.17) is 0 Å². The molecular formula is C16H21NO. The molecule has 0 aliphatic carbocycles. The summed E-state index contributed by atoms with van der Waals surface area (Å²) in [5.41, 5.74) is 1.67. The van der Waals surface area contributed by atoms with Crippen LogP contribution in [0, 0.1) is 5.21 Å². The Bertz CT molecular complexity index is 507. The SMILES string of the molecule is CCCCCCCc1ccc2ccccc2[n+]1[O-]. The topological polar surface area (TPSA) is 26.9 Å². The fraction of sp³-hybridized carbons (Fsp3) is 0.438. The van der Waals surface area contributed by atoms with Crippen LogP contribution in [0.1, 0.15) is 44.7 Å². The van der Waals surface area contributed by atoms with Crippen molar-refractivity contribution in [3.05, 3.63) is 47.3 Å². The van der Waals surface area contributed by atoms with Gasteiger partial charge in [-0.2, -0.15) is 4.73 Å². The smallest absolute Gasteiger partial charge is 0.223 e. The fourth-order valence-corrected chi connectivity index (χ4v) is 2.32. The zero-order valence-electron chi connectivity index (χ0n) is 11.1. The largest absolute Gasteiger partial charge is 0.618 e. The summed E-state index contributed by atoms with van der Waals surface area (Å²) < 4.78 is 1.09. The third kappa shape index (κ3) is 3.00. The van der Waals surface area contributed by atoms with Crippen LogP contribution in [0.5, 0.6) is 0 Å². The number of aryl methyl sites for hydroxylation is 1. The van der Waals surface area contributed by atoms with Gasteiger partial charge in [-0.1, -0.05) is 44.7 Å². The Hall–Kier alpha value is -1.57. The molecule has 0 N–H and O–H groups in total. The van der Waals surface area contributed by atoms with Crippen LogP contribution < -0.4 is 4.73 Å². The molecule has 2 rings (SSSR count). The van der Waals surface area contributed by atoms with Crippen molar-refractivity contribution in [2.75, 3.05) is 0 Å². The van der Waals surface area contributed by atoms with Gasteiger partial charge in [0.1, 0.15) is 0 Å². The van der Waals surface area contributed by atoms with Crippen LogP contribution in [-0.4, -0.2) is 0 Å². The molecule has 2 nitrogen and oxygen atoms in total. The van der Waals surface area contributed by atoms with E-state index < -0.39 is 0 Å². The maximum atomic E-state index is 12.2. The van der Waals surface area contributed by atoms with Crippen molar-refractivity contribution in [1.29, 1.82) is 0 Å². The maximum Gasteiger partial charge on any atom is 0.223 e. The Labute approximate surface area is 109 Å². The molecule has 2 heteroatoms. The van der Waals surface area contributed by atoms with Crippen molar-refractivity contribution in [3.63, 3.8) is 0 Å². The highest BCUT2D eigenvalue weighted by Gasteiger charge is 2.09. The lowest BCUT2D eigenvalue weighted by atomic mass is 10.1. The van der Waals surface area contributed by atoms with E-state index in [1.807, 2.05) is 36.4 Å². The standard InChI is InChI=1S/C16H21NO/c1-2-3-4-5-6-10-15-13-12-14-9-7-8-11-16(14)17(15)18/h7-9,11-13H,2-6,10H2,1H3. The van der Waals surface area contributed by atoms with Crippen LogP contribution in [0.25, 0.3) is 10.9 Å². The quantitative estimate of drug-likeness (QED) is 0.428. The molecule has 0 radical (unpaired) electrons. The Balaban J connectivity index is 2.03. The predicted octanol–water partition coefficient (Wildman–Crippen LogP) is 3.99. The molecule has 1 aromatic heterocycles. The van der Waals surface area contributed by atoms with Gasteiger partial charge in [-0.3, -0.25) is 0 Å². The van der Waals surface area contributed by atoms with Gasteiger partial charge in [0, 0.05) is 23.9 Å². The van der Waals surface area contributed by atoms with Crippen LogP contribution in [0.3, 0.4) is 0 Å². The molecule has 0 saturated heterocycles. The van der Waals surface area contributed by atoms with Crippen LogP contribution in [0.2, 0.25) is 0 Å². The fourth-order valence-electron chi connectivity index (χ4n) is 2.32. The normalized spacial score (nSPS) is 10.9. The molecule has 0 spiro atoms. The molecule has 2 aromatic rings. The Kier molecular flexibility index (Phi) is 4.57. The Morgan fingerprint density at radius 3 is 2.56 bits per heavy atom. The van der Waals surface area contributed by atoms with Gasteiger partial charge in [-0.15, -0.1) is 0 Å². The highest BCUT2D eigenvalue weighted by atomic mass is 16.5. The van der Waals surface area contributed by atoms with Gasteiger partial charge in [-0.05, 0) is 18.6 Å². The number of para-hydroxylation sites is 1. The summed E-state index contributed by atoms with van der Waals surface area (Å²) in [7, 11) is 0. The number of unbranched alkanes of at least 4 members (excludes halogenated alkanes) is 4. The lowest BCUT2D eigenvalue weighted by Gasteiger charge is -2.07. The summed E-state index contributed by atoms with van der Waals surface area (Å²) in [6, 6.07) is 11.8. The number of benzene rings is 1. The molecule has 0 bridgehead atoms. The molecular weight excluding hydrogens is 222 g/mol. The number of nitrogens with zero attached hydrogens (tertiary/aromatic N) is 1. The Morgan fingerprint density at radius 1 is 0.944 bits per heavy atom. The lowest BCUT2D eigenvalue weighted by molar-refractivity contribution is -0.586. The average Bonchev–Trinajstić information content (AvgIpc) is 2.41. The first kappa shape index (κ1) is 12.9. The van der Waals surface area contributed by atoms with E-state index in [1.54, 1.807) is 0 Å². The second-order valence-corrected chi connectivity index (χ2v) is 4.84. The average molecular weight is 243 g/mol. The van der Waals surface area contributed by atoms with E-state index in [9.17, 15) is 5.21 Å². The third-order valence-electron chi connectivity index (χ3n) is 3.41. The number of rotatable bonds is 6. The minimum Gasteiger partial charge on any atom is -0.618 e. The summed E-state index contributed by atoms with van der Waals surface area (Å²) in [6.07, 6.45) is 7.06. The zero-order valence-corrected chi connectivity index (χ0v) is 11.1. The summed E-state index contributed by atoms with van der Waals surface area (Å²) in [5.74, 6) is 0. The van der Waals surface area contributed by atoms with E-state index in [0.29, 0.717) is 0 Å². The highest BCUT2D eigenvalue weighted by Crippen LogP contribution is 2.12. The van der Waals surface area contributed by atoms with Crippen molar-refractivity contribution in [2.24, 2.45) is 0 Å². The van der Waals surface area contributed by atoms with Gasteiger partial charge in [0.2, 0.25) is 5.52 Å². The summed E-state index contributed by atoms with van der Waals surface area (Å²) >= 11 is 0. The van der Waals surface area contributed by atoms with Gasteiger partial charge >= 0.3 is 0 Å². The van der Waals surface area contributed by atoms with Crippen LogP contribution in [-0.2, 0) is 6.42 Å². The lowest BCUT2D eigenvalue weighted by Crippen LogP contribution is -2.32. The number of aromatic nitrogens is 1. The first-order chi connectivity index (χ1) is 8.83. The predicted molar refractivity (Wildman–Crippen MR) is 75.4 cm³/mol.